The van der Waals surface area contributed by atoms with Crippen molar-refractivity contribution in [1.29, 1.82) is 0 Å². The summed E-state index contributed by atoms with van der Waals surface area (Å²) in [6, 6.07) is 0. The lowest BCUT2D eigenvalue weighted by Gasteiger charge is -2.15. The van der Waals surface area contributed by atoms with E-state index in [2.05, 4.69) is 4.98 Å². The number of hydrogen-bond donors (Lipinski definition) is 2. The summed E-state index contributed by atoms with van der Waals surface area (Å²) < 4.78 is 6.54. The number of aliphatic hydroxyl groups excluding tert-OH is 1. The minimum Gasteiger partial charge on any atom is -0.390 e. The first-order valence-electron chi connectivity index (χ1n) is 6.01. The van der Waals surface area contributed by atoms with E-state index in [1.165, 1.54) is 10.8 Å². The third kappa shape index (κ3) is 2.63. The zero-order chi connectivity index (χ0) is 14.2. The zero-order valence-electron chi connectivity index (χ0n) is 10.8. The number of aliphatic hydroxyl groups is 1. The van der Waals surface area contributed by atoms with E-state index in [-0.39, 0.29) is 6.42 Å². The lowest BCUT2D eigenvalue weighted by atomic mass is 10.1. The monoisotopic (exact) mass is 268 g/mol. The molecule has 2 N–H and O–H groups in total. The first-order valence-corrected chi connectivity index (χ1v) is 6.01. The van der Waals surface area contributed by atoms with Crippen LogP contribution in [0, 0.1) is 5.92 Å². The molecular weight excluding hydrogens is 252 g/mol. The highest BCUT2D eigenvalue weighted by Gasteiger charge is 2.35. The van der Waals surface area contributed by atoms with Gasteiger partial charge < -0.3 is 9.84 Å². The van der Waals surface area contributed by atoms with Crippen LogP contribution in [0.25, 0.3) is 0 Å². The quantitative estimate of drug-likeness (QED) is 0.776. The zero-order valence-corrected chi connectivity index (χ0v) is 10.8. The van der Waals surface area contributed by atoms with Crippen molar-refractivity contribution in [3.63, 3.8) is 0 Å². The van der Waals surface area contributed by atoms with Crippen LogP contribution in [0.4, 0.5) is 0 Å². The Kier molecular flexibility index (Phi) is 3.88. The third-order valence-corrected chi connectivity index (χ3v) is 3.19. The Labute approximate surface area is 109 Å². The topological polar surface area (TPSA) is 104 Å². The van der Waals surface area contributed by atoms with Gasteiger partial charge >= 0.3 is 5.69 Å². The number of H-pyrrole nitrogens is 1. The minimum atomic E-state index is -0.892. The molecule has 0 aromatic carbocycles. The van der Waals surface area contributed by atoms with E-state index in [4.69, 9.17) is 4.74 Å². The highest BCUT2D eigenvalue weighted by atomic mass is 16.5. The second-order valence-electron chi connectivity index (χ2n) is 4.81. The summed E-state index contributed by atoms with van der Waals surface area (Å²) in [5.41, 5.74) is -0.692. The van der Waals surface area contributed by atoms with E-state index >= 15 is 0 Å². The molecule has 1 saturated heterocycles. The van der Waals surface area contributed by atoms with E-state index in [9.17, 15) is 19.8 Å². The Morgan fingerprint density at radius 2 is 2.21 bits per heavy atom. The van der Waals surface area contributed by atoms with E-state index in [0.717, 1.165) is 5.92 Å². The third-order valence-electron chi connectivity index (χ3n) is 3.19. The van der Waals surface area contributed by atoms with Gasteiger partial charge in [0.05, 0.1) is 6.10 Å². The number of nitrogens with zero attached hydrogens (tertiary/aromatic N) is 1. The molecule has 0 unspecified atom stereocenters. The van der Waals surface area contributed by atoms with Crippen LogP contribution >= 0.6 is 0 Å². The smallest absolute Gasteiger partial charge is 0.330 e. The average molecular weight is 268 g/mol. The fourth-order valence-corrected chi connectivity index (χ4v) is 2.09. The molecule has 1 aromatic heterocycles. The van der Waals surface area contributed by atoms with Crippen LogP contribution in [0.1, 0.15) is 32.1 Å². The van der Waals surface area contributed by atoms with Crippen LogP contribution in [0.15, 0.2) is 15.8 Å². The molecule has 0 amide bonds. The van der Waals surface area contributed by atoms with Gasteiger partial charge in [-0.05, 0) is 0 Å². The SMILES string of the molecule is C[C](C)c1cn([C@H]2C[C@H](O)[C@@H](C[O])O2)c(=O)[nH]c1=O. The van der Waals surface area contributed by atoms with E-state index in [1.807, 2.05) is 0 Å². The Morgan fingerprint density at radius 1 is 1.53 bits per heavy atom. The van der Waals surface area contributed by atoms with Crippen molar-refractivity contribution >= 4 is 0 Å². The van der Waals surface area contributed by atoms with Gasteiger partial charge in [-0.1, -0.05) is 13.8 Å². The lowest BCUT2D eigenvalue weighted by Crippen LogP contribution is -2.34. The molecule has 19 heavy (non-hydrogen) atoms. The van der Waals surface area contributed by atoms with Crippen LogP contribution in [-0.4, -0.2) is 33.5 Å². The van der Waals surface area contributed by atoms with Gasteiger partial charge in [-0.25, -0.2) is 9.90 Å². The van der Waals surface area contributed by atoms with Crippen molar-refractivity contribution in [2.75, 3.05) is 6.61 Å². The van der Waals surface area contributed by atoms with Gasteiger partial charge in [0, 0.05) is 24.1 Å². The van der Waals surface area contributed by atoms with Crippen molar-refractivity contribution in [1.82, 2.24) is 9.55 Å². The van der Waals surface area contributed by atoms with Crippen molar-refractivity contribution in [2.45, 2.75) is 38.7 Å². The minimum absolute atomic E-state index is 0.154. The Bertz CT molecular complexity index is 562. The average Bonchev–Trinajstić information content (AvgIpc) is 2.69. The maximum atomic E-state index is 11.8. The largest absolute Gasteiger partial charge is 0.390 e. The van der Waals surface area contributed by atoms with Gasteiger partial charge in [-0.3, -0.25) is 14.3 Å². The van der Waals surface area contributed by atoms with Crippen molar-refractivity contribution in [2.24, 2.45) is 0 Å². The number of aromatic nitrogens is 2. The molecule has 2 heterocycles. The number of hydrogen-bond acceptors (Lipinski definition) is 4. The lowest BCUT2D eigenvalue weighted by molar-refractivity contribution is -0.0599. The maximum absolute atomic E-state index is 11.8. The van der Waals surface area contributed by atoms with Crippen molar-refractivity contribution < 1.29 is 14.9 Å². The predicted octanol–water partition coefficient (Wildman–Crippen LogP) is -0.422. The predicted molar refractivity (Wildman–Crippen MR) is 65.1 cm³/mol. The summed E-state index contributed by atoms with van der Waals surface area (Å²) in [6.07, 6.45) is -0.880. The highest BCUT2D eigenvalue weighted by Crippen LogP contribution is 2.27. The molecule has 3 atom stereocenters. The second-order valence-corrected chi connectivity index (χ2v) is 4.81. The van der Waals surface area contributed by atoms with Crippen LogP contribution < -0.4 is 11.2 Å². The Morgan fingerprint density at radius 3 is 2.74 bits per heavy atom. The molecular formula is C12H16N2O5. The van der Waals surface area contributed by atoms with E-state index in [1.54, 1.807) is 13.8 Å². The summed E-state index contributed by atoms with van der Waals surface area (Å²) in [5.74, 6) is 0.758. The molecule has 0 aliphatic carbocycles. The molecule has 0 spiro atoms. The molecule has 0 saturated carbocycles. The molecule has 1 aliphatic rings. The summed E-state index contributed by atoms with van der Waals surface area (Å²) in [6.45, 7) is 2.94. The molecule has 0 bridgehead atoms. The molecule has 1 fully saturated rings. The van der Waals surface area contributed by atoms with Gasteiger partial charge in [0.15, 0.2) is 0 Å². The summed E-state index contributed by atoms with van der Waals surface area (Å²) in [5, 5.41) is 20.4. The standard InChI is InChI=1S/C12H16N2O5/c1-6(2)7-4-14(12(18)13-11(7)17)10-3-8(16)9(5-15)19-10/h4,8-10,16H,3,5H2,1-2H3,(H,13,17,18)/t8-,9+,10+/m0/s1. The Balaban J connectivity index is 2.38. The van der Waals surface area contributed by atoms with Crippen LogP contribution in [-0.2, 0) is 9.84 Å². The Hall–Kier alpha value is -1.44. The van der Waals surface area contributed by atoms with Crippen molar-refractivity contribution in [3.8, 4) is 0 Å². The molecule has 7 heteroatoms. The van der Waals surface area contributed by atoms with Crippen LogP contribution in [0.5, 0.6) is 0 Å². The first-order chi connectivity index (χ1) is 8.93. The fourth-order valence-electron chi connectivity index (χ4n) is 2.09. The van der Waals surface area contributed by atoms with Crippen molar-refractivity contribution in [3.05, 3.63) is 38.5 Å². The van der Waals surface area contributed by atoms with Gasteiger partial charge in [0.25, 0.3) is 5.56 Å². The van der Waals surface area contributed by atoms with E-state index in [0.29, 0.717) is 5.56 Å². The molecule has 1 aliphatic heterocycles. The van der Waals surface area contributed by atoms with Gasteiger partial charge in [0.1, 0.15) is 18.9 Å². The number of rotatable bonds is 3. The molecule has 104 valence electrons. The van der Waals surface area contributed by atoms with Gasteiger partial charge in [0.2, 0.25) is 0 Å². The van der Waals surface area contributed by atoms with Crippen LogP contribution in [0.2, 0.25) is 0 Å². The normalized spacial score (nSPS) is 27.1. The number of nitrogens with one attached hydrogen (secondary N) is 1. The molecule has 1 aromatic rings. The maximum Gasteiger partial charge on any atom is 0.330 e. The highest BCUT2D eigenvalue weighted by molar-refractivity contribution is 5.21. The fraction of sp³-hybridized carbons (Fsp3) is 0.583. The van der Waals surface area contributed by atoms with E-state index < -0.39 is 36.3 Å². The second kappa shape index (κ2) is 5.28. The summed E-state index contributed by atoms with van der Waals surface area (Å²) >= 11 is 0. The first kappa shape index (κ1) is 14.0. The number of ether oxygens (including phenoxy) is 1. The summed E-state index contributed by atoms with van der Waals surface area (Å²) in [4.78, 5) is 25.6. The number of aromatic amines is 1. The summed E-state index contributed by atoms with van der Waals surface area (Å²) in [7, 11) is 0. The molecule has 2 rings (SSSR count). The van der Waals surface area contributed by atoms with Gasteiger partial charge in [-0.15, -0.1) is 0 Å². The van der Waals surface area contributed by atoms with Crippen LogP contribution in [0.3, 0.4) is 0 Å². The van der Waals surface area contributed by atoms with Gasteiger partial charge in [-0.2, -0.15) is 0 Å². The molecule has 7 nitrogen and oxygen atoms in total. The molecule has 2 radical (unpaired) electrons.